The lowest BCUT2D eigenvalue weighted by molar-refractivity contribution is -0.144. The number of ether oxygens (including phenoxy) is 2. The number of carbonyl (C=O) groups excluding carboxylic acids is 2. The van der Waals surface area contributed by atoms with E-state index in [1.165, 1.54) is 16.9 Å². The third kappa shape index (κ3) is 4.33. The Kier molecular flexibility index (Phi) is 6.05. The van der Waals surface area contributed by atoms with Crippen molar-refractivity contribution in [2.45, 2.75) is 22.8 Å². The van der Waals surface area contributed by atoms with Crippen LogP contribution in [0.15, 0.2) is 82.6 Å². The van der Waals surface area contributed by atoms with Crippen LogP contribution in [-0.4, -0.2) is 25.6 Å². The summed E-state index contributed by atoms with van der Waals surface area (Å²) in [6.45, 7) is 0.706. The zero-order chi connectivity index (χ0) is 20.9. The number of fused-ring (bicyclic) bond motifs is 2. The smallest absolute Gasteiger partial charge is 0.337 e. The molecule has 0 amide bonds. The van der Waals surface area contributed by atoms with Crippen molar-refractivity contribution in [3.8, 4) is 0 Å². The lowest BCUT2D eigenvalue weighted by Gasteiger charge is -2.32. The number of esters is 2. The van der Waals surface area contributed by atoms with Gasteiger partial charge in [-0.05, 0) is 42.0 Å². The highest BCUT2D eigenvalue weighted by molar-refractivity contribution is 7.99. The highest BCUT2D eigenvalue weighted by Crippen LogP contribution is 2.47. The molecule has 1 heterocycles. The molecule has 1 aliphatic heterocycles. The molecule has 5 nitrogen and oxygen atoms in total. The fourth-order valence-corrected chi connectivity index (χ4v) is 4.41. The quantitative estimate of drug-likeness (QED) is 0.511. The first-order valence-corrected chi connectivity index (χ1v) is 10.4. The summed E-state index contributed by atoms with van der Waals surface area (Å²) in [6.07, 6.45) is 0.271. The maximum atomic E-state index is 12.4. The molecule has 6 heteroatoms. The van der Waals surface area contributed by atoms with Crippen LogP contribution in [0.3, 0.4) is 0 Å². The Bertz CT molecular complexity index is 1020. The number of benzene rings is 3. The summed E-state index contributed by atoms with van der Waals surface area (Å²) in [5.41, 5.74) is 3.49. The van der Waals surface area contributed by atoms with E-state index in [2.05, 4.69) is 33.9 Å². The van der Waals surface area contributed by atoms with Crippen LogP contribution in [0.5, 0.6) is 0 Å². The summed E-state index contributed by atoms with van der Waals surface area (Å²) in [4.78, 5) is 28.4. The average molecular weight is 420 g/mol. The van der Waals surface area contributed by atoms with Gasteiger partial charge in [0, 0.05) is 16.3 Å². The molecule has 0 N–H and O–H groups in total. The molecule has 3 aromatic rings. The van der Waals surface area contributed by atoms with Crippen molar-refractivity contribution in [2.75, 3.05) is 18.6 Å². The summed E-state index contributed by atoms with van der Waals surface area (Å²) in [6, 6.07) is 23.3. The van der Waals surface area contributed by atoms with Gasteiger partial charge in [-0.3, -0.25) is 4.79 Å². The zero-order valence-electron chi connectivity index (χ0n) is 16.5. The van der Waals surface area contributed by atoms with Crippen LogP contribution in [0.25, 0.3) is 0 Å². The molecule has 0 saturated heterocycles. The topological polar surface area (TPSA) is 55.8 Å². The third-order valence-corrected chi connectivity index (χ3v) is 5.98. The van der Waals surface area contributed by atoms with E-state index in [4.69, 9.17) is 4.74 Å². The summed E-state index contributed by atoms with van der Waals surface area (Å²) in [5.74, 6) is -0.654. The predicted molar refractivity (Wildman–Crippen MR) is 116 cm³/mol. The molecule has 3 aromatic carbocycles. The fraction of sp³-hybridized carbons (Fsp3) is 0.167. The highest BCUT2D eigenvalue weighted by Gasteiger charge is 2.23. The molecule has 0 fully saturated rings. The normalized spacial score (nSPS) is 12.0. The molecule has 30 heavy (non-hydrogen) atoms. The van der Waals surface area contributed by atoms with E-state index in [9.17, 15) is 9.59 Å². The second-order valence-electron chi connectivity index (χ2n) is 6.79. The first-order chi connectivity index (χ1) is 14.7. The number of hydrogen-bond donors (Lipinski definition) is 0. The van der Waals surface area contributed by atoms with Gasteiger partial charge in [-0.15, -0.1) is 0 Å². The van der Waals surface area contributed by atoms with Crippen LogP contribution in [0.2, 0.25) is 0 Å². The third-order valence-electron chi connectivity index (χ3n) is 4.85. The molecule has 1 aliphatic rings. The van der Waals surface area contributed by atoms with Crippen LogP contribution in [-0.2, 0) is 20.9 Å². The largest absolute Gasteiger partial charge is 0.465 e. The van der Waals surface area contributed by atoms with Gasteiger partial charge in [0.2, 0.25) is 0 Å². The summed E-state index contributed by atoms with van der Waals surface area (Å²) < 4.78 is 10.1. The van der Waals surface area contributed by atoms with Gasteiger partial charge in [0.05, 0.1) is 30.5 Å². The van der Waals surface area contributed by atoms with Gasteiger partial charge in [-0.1, -0.05) is 48.2 Å². The molecular formula is C24H21NO4S. The lowest BCUT2D eigenvalue weighted by atomic mass is 10.1. The fourth-order valence-electron chi connectivity index (χ4n) is 3.32. The molecule has 0 bridgehead atoms. The second kappa shape index (κ2) is 9.05. The lowest BCUT2D eigenvalue weighted by Crippen LogP contribution is -2.24. The van der Waals surface area contributed by atoms with Gasteiger partial charge in [0.1, 0.15) is 6.61 Å². The Balaban J connectivity index is 1.38. The molecule has 0 unspecified atom stereocenters. The van der Waals surface area contributed by atoms with Gasteiger partial charge in [-0.2, -0.15) is 0 Å². The number of rotatable bonds is 6. The van der Waals surface area contributed by atoms with E-state index in [0.717, 1.165) is 16.9 Å². The van der Waals surface area contributed by atoms with E-state index >= 15 is 0 Å². The Labute approximate surface area is 179 Å². The van der Waals surface area contributed by atoms with Crippen molar-refractivity contribution in [3.63, 3.8) is 0 Å². The minimum atomic E-state index is -0.390. The number of para-hydroxylation sites is 2. The molecule has 0 spiro atoms. The molecule has 4 rings (SSSR count). The molecule has 0 atom stereocenters. The molecule has 152 valence electrons. The van der Waals surface area contributed by atoms with Gasteiger partial charge < -0.3 is 14.4 Å². The van der Waals surface area contributed by atoms with E-state index in [0.29, 0.717) is 12.1 Å². The number of methoxy groups -OCH3 is 1. The Morgan fingerprint density at radius 3 is 2.07 bits per heavy atom. The Morgan fingerprint density at radius 1 is 0.867 bits per heavy atom. The Morgan fingerprint density at radius 2 is 1.47 bits per heavy atom. The number of nitrogens with zero attached hydrogens (tertiary/aromatic N) is 1. The number of carbonyl (C=O) groups is 2. The first kappa shape index (κ1) is 20.0. The summed E-state index contributed by atoms with van der Waals surface area (Å²) in [5, 5.41) is 0. The van der Waals surface area contributed by atoms with Crippen LogP contribution < -0.4 is 4.90 Å². The van der Waals surface area contributed by atoms with Crippen molar-refractivity contribution in [3.05, 3.63) is 83.9 Å². The maximum absolute atomic E-state index is 12.4. The minimum Gasteiger partial charge on any atom is -0.465 e. The highest BCUT2D eigenvalue weighted by atomic mass is 32.2. The van der Waals surface area contributed by atoms with Crippen LogP contribution in [0.1, 0.15) is 22.3 Å². The van der Waals surface area contributed by atoms with Gasteiger partial charge in [0.15, 0.2) is 0 Å². The number of hydrogen-bond acceptors (Lipinski definition) is 6. The van der Waals surface area contributed by atoms with Gasteiger partial charge >= 0.3 is 11.9 Å². The van der Waals surface area contributed by atoms with E-state index in [-0.39, 0.29) is 25.0 Å². The van der Waals surface area contributed by atoms with Crippen molar-refractivity contribution in [1.82, 2.24) is 0 Å². The van der Waals surface area contributed by atoms with E-state index in [1.807, 2.05) is 24.3 Å². The summed E-state index contributed by atoms with van der Waals surface area (Å²) >= 11 is 1.74. The monoisotopic (exact) mass is 419 g/mol. The molecule has 0 aromatic heterocycles. The van der Waals surface area contributed by atoms with Crippen LogP contribution in [0.4, 0.5) is 11.4 Å². The van der Waals surface area contributed by atoms with Gasteiger partial charge in [0.25, 0.3) is 0 Å². The molecule has 0 saturated carbocycles. The maximum Gasteiger partial charge on any atom is 0.337 e. The van der Waals surface area contributed by atoms with E-state index < -0.39 is 0 Å². The number of anilines is 2. The SMILES string of the molecule is COC(=O)c1ccc(COC(=O)CCN2c3ccccc3Sc3ccccc32)cc1. The standard InChI is InChI=1S/C24H21NO4S/c1-28-24(27)18-12-10-17(11-13-18)16-29-23(26)14-15-25-19-6-2-4-8-21(19)30-22-9-5-3-7-20(22)25/h2-13H,14-16H2,1H3. The molecular weight excluding hydrogens is 398 g/mol. The van der Waals surface area contributed by atoms with Crippen LogP contribution >= 0.6 is 11.8 Å². The average Bonchev–Trinajstić information content (AvgIpc) is 2.80. The van der Waals surface area contributed by atoms with Crippen molar-refractivity contribution in [2.24, 2.45) is 0 Å². The minimum absolute atomic E-state index is 0.170. The van der Waals surface area contributed by atoms with E-state index in [1.54, 1.807) is 36.0 Å². The predicted octanol–water partition coefficient (Wildman–Crippen LogP) is 5.21. The molecule has 0 radical (unpaired) electrons. The Hall–Kier alpha value is -3.25. The van der Waals surface area contributed by atoms with Crippen molar-refractivity contribution >= 4 is 35.1 Å². The van der Waals surface area contributed by atoms with Crippen LogP contribution in [0, 0.1) is 0 Å². The molecule has 0 aliphatic carbocycles. The van der Waals surface area contributed by atoms with Gasteiger partial charge in [-0.25, -0.2) is 4.79 Å². The zero-order valence-corrected chi connectivity index (χ0v) is 17.4. The van der Waals surface area contributed by atoms with Crippen molar-refractivity contribution < 1.29 is 19.1 Å². The second-order valence-corrected chi connectivity index (χ2v) is 7.87. The first-order valence-electron chi connectivity index (χ1n) is 9.62. The summed E-state index contributed by atoms with van der Waals surface area (Å²) in [7, 11) is 1.34. The van der Waals surface area contributed by atoms with Crippen molar-refractivity contribution in [1.29, 1.82) is 0 Å².